The van der Waals surface area contributed by atoms with Gasteiger partial charge < -0.3 is 10.4 Å². The maximum atomic E-state index is 11.4. The van der Waals surface area contributed by atoms with E-state index in [0.29, 0.717) is 26.1 Å². The molecule has 0 aliphatic carbocycles. The van der Waals surface area contributed by atoms with Crippen LogP contribution >= 0.6 is 11.3 Å². The molecule has 2 N–H and O–H groups in total. The molecule has 6 heteroatoms. The number of hydrogen-bond donors (Lipinski definition) is 2. The van der Waals surface area contributed by atoms with Crippen LogP contribution in [0.4, 0.5) is 5.13 Å². The van der Waals surface area contributed by atoms with Crippen molar-refractivity contribution in [2.24, 2.45) is 0 Å². The molecule has 0 aromatic carbocycles. The zero-order valence-electron chi connectivity index (χ0n) is 12.1. The van der Waals surface area contributed by atoms with Gasteiger partial charge >= 0.3 is 0 Å². The lowest BCUT2D eigenvalue weighted by atomic mass is 10.0. The molecule has 0 spiro atoms. The summed E-state index contributed by atoms with van der Waals surface area (Å²) in [5, 5.41) is 15.7. The summed E-state index contributed by atoms with van der Waals surface area (Å²) in [7, 11) is 0. The van der Waals surface area contributed by atoms with Gasteiger partial charge in [0.25, 0.3) is 0 Å². The van der Waals surface area contributed by atoms with Crippen molar-refractivity contribution in [3.05, 3.63) is 11.1 Å². The van der Waals surface area contributed by atoms with Crippen molar-refractivity contribution >= 4 is 22.4 Å². The number of nitrogens with zero attached hydrogens (tertiary/aromatic N) is 2. The molecule has 1 unspecified atom stereocenters. The highest BCUT2D eigenvalue weighted by atomic mass is 32.1. The number of aromatic nitrogens is 1. The third-order valence-electron chi connectivity index (χ3n) is 3.04. The van der Waals surface area contributed by atoms with Crippen LogP contribution in [-0.2, 0) is 11.3 Å². The summed E-state index contributed by atoms with van der Waals surface area (Å²) in [5.41, 5.74) is 0.208. The Labute approximate surface area is 118 Å². The van der Waals surface area contributed by atoms with Crippen LogP contribution in [0.3, 0.4) is 0 Å². The number of hydrogen-bond acceptors (Lipinski definition) is 5. The lowest BCUT2D eigenvalue weighted by Crippen LogP contribution is -2.36. The van der Waals surface area contributed by atoms with Crippen LogP contribution in [0.15, 0.2) is 5.38 Å². The third kappa shape index (κ3) is 4.89. The van der Waals surface area contributed by atoms with E-state index in [1.165, 1.54) is 11.3 Å². The fraction of sp³-hybridized carbons (Fsp3) is 0.692. The van der Waals surface area contributed by atoms with Gasteiger partial charge in [-0.2, -0.15) is 0 Å². The standard InChI is InChI=1S/C13H23N3O2S/c1-5-13(4,18)9-14-7-11-8-19-12(15-11)16(6-2)10(3)17/h8,14,18H,5-7,9H2,1-4H3. The van der Waals surface area contributed by atoms with Gasteiger partial charge in [-0.25, -0.2) is 4.98 Å². The second-order valence-electron chi connectivity index (χ2n) is 4.84. The quantitative estimate of drug-likeness (QED) is 0.801. The Kier molecular flexibility index (Phi) is 5.90. The minimum Gasteiger partial charge on any atom is -0.389 e. The minimum atomic E-state index is -0.687. The number of carbonyl (C=O) groups is 1. The number of amides is 1. The van der Waals surface area contributed by atoms with Crippen LogP contribution in [-0.4, -0.2) is 34.7 Å². The first kappa shape index (κ1) is 16.1. The van der Waals surface area contributed by atoms with E-state index in [2.05, 4.69) is 10.3 Å². The topological polar surface area (TPSA) is 65.5 Å². The van der Waals surface area contributed by atoms with E-state index in [0.717, 1.165) is 10.8 Å². The second-order valence-corrected chi connectivity index (χ2v) is 5.68. The lowest BCUT2D eigenvalue weighted by Gasteiger charge is -2.21. The molecule has 0 saturated carbocycles. The van der Waals surface area contributed by atoms with Crippen LogP contribution in [0, 0.1) is 0 Å². The molecule has 1 rings (SSSR count). The van der Waals surface area contributed by atoms with Gasteiger partial charge in [0.1, 0.15) is 0 Å². The Bertz CT molecular complexity index is 418. The van der Waals surface area contributed by atoms with Crippen LogP contribution < -0.4 is 10.2 Å². The Morgan fingerprint density at radius 1 is 1.58 bits per heavy atom. The van der Waals surface area contributed by atoms with Crippen LogP contribution in [0.2, 0.25) is 0 Å². The van der Waals surface area contributed by atoms with Gasteiger partial charge in [-0.15, -0.1) is 11.3 Å². The molecular weight excluding hydrogens is 262 g/mol. The molecule has 0 bridgehead atoms. The molecule has 5 nitrogen and oxygen atoms in total. The van der Waals surface area contributed by atoms with Crippen LogP contribution in [0.1, 0.15) is 39.8 Å². The van der Waals surface area contributed by atoms with E-state index < -0.39 is 5.60 Å². The summed E-state index contributed by atoms with van der Waals surface area (Å²) in [6, 6.07) is 0. The zero-order valence-corrected chi connectivity index (χ0v) is 12.9. The third-order valence-corrected chi connectivity index (χ3v) is 3.95. The van der Waals surface area contributed by atoms with Gasteiger partial charge in [0.15, 0.2) is 5.13 Å². The molecule has 0 saturated heterocycles. The van der Waals surface area contributed by atoms with Gasteiger partial charge in [-0.3, -0.25) is 9.69 Å². The number of carbonyl (C=O) groups excluding carboxylic acids is 1. The summed E-state index contributed by atoms with van der Waals surface area (Å²) in [4.78, 5) is 17.5. The van der Waals surface area contributed by atoms with E-state index in [1.807, 2.05) is 19.2 Å². The van der Waals surface area contributed by atoms with Gasteiger partial charge in [0, 0.05) is 31.9 Å². The normalized spacial score (nSPS) is 14.2. The summed E-state index contributed by atoms with van der Waals surface area (Å²) in [5.74, 6) is 0.00488. The highest BCUT2D eigenvalue weighted by molar-refractivity contribution is 7.14. The molecule has 1 aromatic heterocycles. The number of aliphatic hydroxyl groups is 1. The van der Waals surface area contributed by atoms with Crippen LogP contribution in [0.25, 0.3) is 0 Å². The van der Waals surface area contributed by atoms with E-state index >= 15 is 0 Å². The number of rotatable bonds is 7. The van der Waals surface area contributed by atoms with Crippen molar-refractivity contribution in [3.63, 3.8) is 0 Å². The van der Waals surface area contributed by atoms with E-state index in [-0.39, 0.29) is 5.91 Å². The van der Waals surface area contributed by atoms with E-state index in [9.17, 15) is 9.90 Å². The highest BCUT2D eigenvalue weighted by Crippen LogP contribution is 2.20. The molecule has 1 atom stereocenters. The lowest BCUT2D eigenvalue weighted by molar-refractivity contribution is -0.116. The van der Waals surface area contributed by atoms with E-state index in [1.54, 1.807) is 18.7 Å². The van der Waals surface area contributed by atoms with Crippen molar-refractivity contribution in [1.29, 1.82) is 0 Å². The molecule has 0 fully saturated rings. The average Bonchev–Trinajstić information content (AvgIpc) is 2.78. The molecule has 0 aliphatic heterocycles. The zero-order chi connectivity index (χ0) is 14.5. The average molecular weight is 285 g/mol. The van der Waals surface area contributed by atoms with Crippen molar-refractivity contribution in [2.45, 2.75) is 46.3 Å². The largest absolute Gasteiger partial charge is 0.389 e. The fourth-order valence-corrected chi connectivity index (χ4v) is 2.51. The van der Waals surface area contributed by atoms with Crippen LogP contribution in [0.5, 0.6) is 0 Å². The molecule has 108 valence electrons. The SMILES string of the molecule is CCN(C(C)=O)c1nc(CNCC(C)(O)CC)cs1. The molecule has 19 heavy (non-hydrogen) atoms. The van der Waals surface area contributed by atoms with E-state index in [4.69, 9.17) is 0 Å². The summed E-state index contributed by atoms with van der Waals surface area (Å²) in [6.07, 6.45) is 0.705. The maximum Gasteiger partial charge on any atom is 0.225 e. The first-order valence-electron chi connectivity index (χ1n) is 6.55. The summed E-state index contributed by atoms with van der Waals surface area (Å²) >= 11 is 1.47. The highest BCUT2D eigenvalue weighted by Gasteiger charge is 2.17. The number of anilines is 1. The minimum absolute atomic E-state index is 0.00488. The summed E-state index contributed by atoms with van der Waals surface area (Å²) < 4.78 is 0. The maximum absolute atomic E-state index is 11.4. The van der Waals surface area contributed by atoms with Crippen molar-refractivity contribution in [1.82, 2.24) is 10.3 Å². The predicted octanol–water partition coefficient (Wildman–Crippen LogP) is 1.77. The number of thiazole rings is 1. The monoisotopic (exact) mass is 285 g/mol. The Balaban J connectivity index is 2.54. The van der Waals surface area contributed by atoms with Gasteiger partial charge in [0.05, 0.1) is 11.3 Å². The first-order chi connectivity index (χ1) is 8.89. The smallest absolute Gasteiger partial charge is 0.225 e. The molecular formula is C13H23N3O2S. The Hall–Kier alpha value is -0.980. The van der Waals surface area contributed by atoms with Gasteiger partial charge in [0.2, 0.25) is 5.91 Å². The Morgan fingerprint density at radius 3 is 2.79 bits per heavy atom. The molecule has 0 radical (unpaired) electrons. The molecule has 1 amide bonds. The van der Waals surface area contributed by atoms with Crippen molar-refractivity contribution < 1.29 is 9.90 Å². The second kappa shape index (κ2) is 6.98. The van der Waals surface area contributed by atoms with Crippen molar-refractivity contribution in [2.75, 3.05) is 18.0 Å². The fourth-order valence-electron chi connectivity index (χ4n) is 1.58. The van der Waals surface area contributed by atoms with Gasteiger partial charge in [-0.1, -0.05) is 6.92 Å². The molecule has 1 aromatic rings. The molecule has 0 aliphatic rings. The first-order valence-corrected chi connectivity index (χ1v) is 7.43. The predicted molar refractivity (Wildman–Crippen MR) is 78.4 cm³/mol. The molecule has 1 heterocycles. The van der Waals surface area contributed by atoms with Gasteiger partial charge in [-0.05, 0) is 20.3 Å². The van der Waals surface area contributed by atoms with Crippen molar-refractivity contribution in [3.8, 4) is 0 Å². The summed E-state index contributed by atoms with van der Waals surface area (Å²) in [6.45, 7) is 8.99. The Morgan fingerprint density at radius 2 is 2.26 bits per heavy atom. The number of nitrogens with one attached hydrogen (secondary N) is 1.